The first-order valence-electron chi connectivity index (χ1n) is 10.1. The number of hydrogen-bond acceptors (Lipinski definition) is 4. The van der Waals surface area contributed by atoms with Crippen LogP contribution >= 0.6 is 11.8 Å². The maximum Gasteiger partial charge on any atom is 0.248 e. The highest BCUT2D eigenvalue weighted by atomic mass is 32.2. The fraction of sp³-hybridized carbons (Fsp3) is 0.240. The van der Waals surface area contributed by atoms with Gasteiger partial charge in [0.1, 0.15) is 0 Å². The van der Waals surface area contributed by atoms with Crippen molar-refractivity contribution in [3.8, 4) is 11.5 Å². The molecule has 0 saturated heterocycles. The van der Waals surface area contributed by atoms with E-state index in [0.717, 1.165) is 19.3 Å². The summed E-state index contributed by atoms with van der Waals surface area (Å²) in [7, 11) is 0. The molecular weight excluding hydrogens is 394 g/mol. The number of hydrogen-bond donors (Lipinski definition) is 1. The van der Waals surface area contributed by atoms with Gasteiger partial charge < -0.3 is 15.2 Å². The van der Waals surface area contributed by atoms with Gasteiger partial charge in [0.05, 0.1) is 6.61 Å². The second-order valence-electron chi connectivity index (χ2n) is 7.54. The summed E-state index contributed by atoms with van der Waals surface area (Å²) in [4.78, 5) is 12.5. The molecule has 4 nitrogen and oxygen atoms in total. The summed E-state index contributed by atoms with van der Waals surface area (Å²) in [6, 6.07) is 23.7. The minimum atomic E-state index is -0.482. The number of carbonyl (C=O) groups excluding carboxylic acids is 1. The quantitative estimate of drug-likeness (QED) is 0.473. The Hall–Kier alpha value is -2.92. The van der Waals surface area contributed by atoms with Gasteiger partial charge in [0, 0.05) is 29.7 Å². The topological polar surface area (TPSA) is 61.5 Å². The summed E-state index contributed by atoms with van der Waals surface area (Å²) in [5.74, 6) is 0.717. The van der Waals surface area contributed by atoms with E-state index in [9.17, 15) is 4.79 Å². The van der Waals surface area contributed by atoms with Gasteiger partial charge in [-0.3, -0.25) is 4.79 Å². The third-order valence-electron chi connectivity index (χ3n) is 4.96. The number of nitrogens with two attached hydrogens (primary N) is 1. The number of primary amides is 1. The molecule has 1 aliphatic rings. The average molecular weight is 420 g/mol. The van der Waals surface area contributed by atoms with E-state index in [-0.39, 0.29) is 4.93 Å². The number of carbonyl (C=O) groups is 1. The molecule has 0 spiro atoms. The van der Waals surface area contributed by atoms with E-state index >= 15 is 0 Å². The third-order valence-corrected chi connectivity index (χ3v) is 6.33. The van der Waals surface area contributed by atoms with E-state index < -0.39 is 5.91 Å². The Kier molecular flexibility index (Phi) is 6.00. The molecular formula is C25H25NO3S. The smallest absolute Gasteiger partial charge is 0.248 e. The second kappa shape index (κ2) is 8.84. The molecule has 1 saturated carbocycles. The first-order valence-corrected chi connectivity index (χ1v) is 10.9. The van der Waals surface area contributed by atoms with Gasteiger partial charge in [0.15, 0.2) is 16.4 Å². The van der Waals surface area contributed by atoms with Gasteiger partial charge in [-0.15, -0.1) is 0 Å². The standard InChI is InChI=1S/C25H25NO3S/c1-18-6-5-7-19(16-18)12-15-28-23-17-20(24(26)27)10-11-22(23)29-25(13-14-25)30-21-8-3-2-4-9-21/h2-11,16-17H,12-15H2,1H3,(H2,26,27). The zero-order valence-electron chi connectivity index (χ0n) is 17.0. The van der Waals surface area contributed by atoms with Crippen molar-refractivity contribution >= 4 is 17.7 Å². The first kappa shape index (κ1) is 20.4. The van der Waals surface area contributed by atoms with Gasteiger partial charge in [-0.05, 0) is 42.8 Å². The molecule has 30 heavy (non-hydrogen) atoms. The predicted molar refractivity (Wildman–Crippen MR) is 120 cm³/mol. The van der Waals surface area contributed by atoms with Crippen LogP contribution < -0.4 is 15.2 Å². The van der Waals surface area contributed by atoms with Crippen LogP contribution in [0.15, 0.2) is 77.7 Å². The van der Waals surface area contributed by atoms with Crippen LogP contribution in [0.25, 0.3) is 0 Å². The molecule has 1 fully saturated rings. The predicted octanol–water partition coefficient (Wildman–Crippen LogP) is 5.38. The molecule has 1 aliphatic carbocycles. The van der Waals surface area contributed by atoms with Crippen LogP contribution in [0.3, 0.4) is 0 Å². The van der Waals surface area contributed by atoms with Crippen molar-refractivity contribution < 1.29 is 14.3 Å². The molecule has 0 unspecified atom stereocenters. The normalized spacial score (nSPS) is 14.2. The number of thioether (sulfide) groups is 1. The van der Waals surface area contributed by atoms with Crippen molar-refractivity contribution in [3.05, 3.63) is 89.5 Å². The third kappa shape index (κ3) is 5.16. The second-order valence-corrected chi connectivity index (χ2v) is 8.96. The highest BCUT2D eigenvalue weighted by Crippen LogP contribution is 2.53. The largest absolute Gasteiger partial charge is 0.489 e. The lowest BCUT2D eigenvalue weighted by molar-refractivity contribution is 0.0999. The Bertz CT molecular complexity index is 1030. The number of aryl methyl sites for hydroxylation is 1. The lowest BCUT2D eigenvalue weighted by Gasteiger charge is -2.20. The maximum absolute atomic E-state index is 11.7. The van der Waals surface area contributed by atoms with Crippen LogP contribution in [-0.4, -0.2) is 17.4 Å². The highest BCUT2D eigenvalue weighted by Gasteiger charge is 2.47. The Morgan fingerprint density at radius 3 is 2.50 bits per heavy atom. The summed E-state index contributed by atoms with van der Waals surface area (Å²) in [6.07, 6.45) is 2.70. The summed E-state index contributed by atoms with van der Waals surface area (Å²) < 4.78 is 12.4. The summed E-state index contributed by atoms with van der Waals surface area (Å²) in [6.45, 7) is 2.56. The van der Waals surface area contributed by atoms with E-state index in [1.165, 1.54) is 16.0 Å². The highest BCUT2D eigenvalue weighted by molar-refractivity contribution is 8.00. The van der Waals surface area contributed by atoms with Gasteiger partial charge in [-0.25, -0.2) is 0 Å². The molecule has 5 heteroatoms. The number of rotatable bonds is 9. The molecule has 0 atom stereocenters. The van der Waals surface area contributed by atoms with Crippen LogP contribution in [0.1, 0.15) is 34.3 Å². The summed E-state index contributed by atoms with van der Waals surface area (Å²) in [5.41, 5.74) is 8.32. The lowest BCUT2D eigenvalue weighted by Crippen LogP contribution is -2.16. The van der Waals surface area contributed by atoms with E-state index in [4.69, 9.17) is 15.2 Å². The summed E-state index contributed by atoms with van der Waals surface area (Å²) in [5, 5.41) is 0. The lowest BCUT2D eigenvalue weighted by atomic mass is 10.1. The Morgan fingerprint density at radius 1 is 1.00 bits per heavy atom. The molecule has 0 bridgehead atoms. The molecule has 0 radical (unpaired) electrons. The number of amides is 1. The number of benzene rings is 3. The van der Waals surface area contributed by atoms with Crippen molar-refractivity contribution in [2.24, 2.45) is 5.73 Å². The molecule has 0 aromatic heterocycles. The van der Waals surface area contributed by atoms with Crippen molar-refractivity contribution in [1.82, 2.24) is 0 Å². The van der Waals surface area contributed by atoms with Crippen LogP contribution in [0.4, 0.5) is 0 Å². The molecule has 1 amide bonds. The summed E-state index contributed by atoms with van der Waals surface area (Å²) >= 11 is 1.72. The minimum absolute atomic E-state index is 0.287. The Balaban J connectivity index is 1.48. The molecule has 154 valence electrons. The maximum atomic E-state index is 11.7. The van der Waals surface area contributed by atoms with Gasteiger partial charge >= 0.3 is 0 Å². The zero-order chi connectivity index (χ0) is 21.0. The molecule has 0 heterocycles. The van der Waals surface area contributed by atoms with Crippen LogP contribution in [-0.2, 0) is 6.42 Å². The molecule has 4 rings (SSSR count). The molecule has 2 N–H and O–H groups in total. The average Bonchev–Trinajstić information content (AvgIpc) is 3.48. The van der Waals surface area contributed by atoms with E-state index in [1.807, 2.05) is 24.3 Å². The van der Waals surface area contributed by atoms with Crippen LogP contribution in [0, 0.1) is 6.92 Å². The van der Waals surface area contributed by atoms with E-state index in [2.05, 4.69) is 37.3 Å². The SMILES string of the molecule is Cc1cccc(CCOc2cc(C(N)=O)ccc2OC2(Sc3ccccc3)CC2)c1. The monoisotopic (exact) mass is 419 g/mol. The van der Waals surface area contributed by atoms with E-state index in [0.29, 0.717) is 23.7 Å². The van der Waals surface area contributed by atoms with Gasteiger partial charge in [-0.1, -0.05) is 59.8 Å². The van der Waals surface area contributed by atoms with Crippen molar-refractivity contribution in [3.63, 3.8) is 0 Å². The minimum Gasteiger partial charge on any atom is -0.489 e. The van der Waals surface area contributed by atoms with Gasteiger partial charge in [-0.2, -0.15) is 0 Å². The first-order chi connectivity index (χ1) is 14.5. The van der Waals surface area contributed by atoms with Crippen molar-refractivity contribution in [1.29, 1.82) is 0 Å². The van der Waals surface area contributed by atoms with Crippen LogP contribution in [0.2, 0.25) is 0 Å². The Morgan fingerprint density at radius 2 is 1.80 bits per heavy atom. The zero-order valence-corrected chi connectivity index (χ0v) is 17.8. The van der Waals surface area contributed by atoms with Crippen LogP contribution in [0.5, 0.6) is 11.5 Å². The fourth-order valence-electron chi connectivity index (χ4n) is 3.24. The van der Waals surface area contributed by atoms with Crippen molar-refractivity contribution in [2.45, 2.75) is 36.0 Å². The van der Waals surface area contributed by atoms with Gasteiger partial charge in [0.25, 0.3) is 0 Å². The molecule has 0 aliphatic heterocycles. The molecule has 3 aromatic carbocycles. The van der Waals surface area contributed by atoms with Crippen molar-refractivity contribution in [2.75, 3.05) is 6.61 Å². The molecule has 3 aromatic rings. The Labute approximate surface area is 181 Å². The number of ether oxygens (including phenoxy) is 2. The van der Waals surface area contributed by atoms with E-state index in [1.54, 1.807) is 30.0 Å². The fourth-order valence-corrected chi connectivity index (χ4v) is 4.40. The van der Waals surface area contributed by atoms with Gasteiger partial charge in [0.2, 0.25) is 5.91 Å².